The number of rotatable bonds is 5. The maximum Gasteiger partial charge on any atom is 0.240 e. The Morgan fingerprint density at radius 1 is 1.41 bits per heavy atom. The molecule has 126 valence electrons. The molecule has 0 aliphatic heterocycles. The predicted octanol–water partition coefficient (Wildman–Crippen LogP) is 1.44. The second-order valence-electron chi connectivity index (χ2n) is 5.68. The zero-order chi connectivity index (χ0) is 15.3. The highest BCUT2D eigenvalue weighted by molar-refractivity contribution is 5.85. The molecule has 1 aromatic heterocycles. The van der Waals surface area contributed by atoms with Gasteiger partial charge in [0.15, 0.2) is 5.82 Å². The van der Waals surface area contributed by atoms with E-state index in [1.807, 2.05) is 0 Å². The van der Waals surface area contributed by atoms with Crippen LogP contribution < -0.4 is 11.1 Å². The molecule has 1 aliphatic rings. The average molecular weight is 333 g/mol. The lowest BCUT2D eigenvalue weighted by Gasteiger charge is -2.31. The van der Waals surface area contributed by atoms with Crippen molar-refractivity contribution in [3.05, 3.63) is 11.7 Å². The van der Waals surface area contributed by atoms with Gasteiger partial charge >= 0.3 is 0 Å². The van der Waals surface area contributed by atoms with E-state index in [9.17, 15) is 4.79 Å². The van der Waals surface area contributed by atoms with E-state index in [4.69, 9.17) is 15.0 Å². The van der Waals surface area contributed by atoms with Crippen LogP contribution in [-0.4, -0.2) is 35.8 Å². The van der Waals surface area contributed by atoms with Crippen molar-refractivity contribution in [2.45, 2.75) is 57.0 Å². The van der Waals surface area contributed by atoms with Crippen LogP contribution in [0.15, 0.2) is 4.52 Å². The molecule has 1 atom stereocenters. The fourth-order valence-electron chi connectivity index (χ4n) is 2.81. The maximum absolute atomic E-state index is 12.3. The second-order valence-corrected chi connectivity index (χ2v) is 5.68. The van der Waals surface area contributed by atoms with Gasteiger partial charge in [-0.05, 0) is 12.8 Å². The largest absolute Gasteiger partial charge is 0.383 e. The van der Waals surface area contributed by atoms with Crippen LogP contribution in [0, 0.1) is 6.92 Å². The molecule has 1 aromatic rings. The first-order valence-corrected chi connectivity index (χ1v) is 7.45. The molecule has 0 bridgehead atoms. The molecule has 8 heteroatoms. The number of ether oxygens (including phenoxy) is 1. The summed E-state index contributed by atoms with van der Waals surface area (Å²) in [6.45, 7) is 1.94. The van der Waals surface area contributed by atoms with E-state index in [0.717, 1.165) is 38.5 Å². The van der Waals surface area contributed by atoms with Crippen LogP contribution in [0.4, 0.5) is 0 Å². The molecular weight excluding hydrogens is 308 g/mol. The van der Waals surface area contributed by atoms with E-state index in [1.54, 1.807) is 6.92 Å². The molecule has 1 heterocycles. The number of hydrogen-bond donors (Lipinski definition) is 2. The predicted molar refractivity (Wildman–Crippen MR) is 83.7 cm³/mol. The molecular formula is C14H25ClN4O3. The monoisotopic (exact) mass is 332 g/mol. The Bertz CT molecular complexity index is 472. The smallest absolute Gasteiger partial charge is 0.240 e. The third-order valence-corrected chi connectivity index (χ3v) is 3.96. The lowest BCUT2D eigenvalue weighted by Crippen LogP contribution is -2.53. The van der Waals surface area contributed by atoms with Gasteiger partial charge in [0.1, 0.15) is 11.6 Å². The van der Waals surface area contributed by atoms with Crippen LogP contribution in [0.3, 0.4) is 0 Å². The molecule has 1 fully saturated rings. The summed E-state index contributed by atoms with van der Waals surface area (Å²) in [5, 5.41) is 7.10. The van der Waals surface area contributed by atoms with Gasteiger partial charge in [-0.25, -0.2) is 0 Å². The van der Waals surface area contributed by atoms with Crippen LogP contribution >= 0.6 is 12.4 Å². The molecule has 0 radical (unpaired) electrons. The first kappa shape index (κ1) is 18.9. The van der Waals surface area contributed by atoms with Crippen molar-refractivity contribution < 1.29 is 14.1 Å². The van der Waals surface area contributed by atoms with E-state index in [0.29, 0.717) is 11.7 Å². The summed E-state index contributed by atoms with van der Waals surface area (Å²) >= 11 is 0. The fraction of sp³-hybridized carbons (Fsp3) is 0.786. The minimum absolute atomic E-state index is 0. The number of halogens is 1. The molecule has 7 nitrogen and oxygen atoms in total. The van der Waals surface area contributed by atoms with E-state index < -0.39 is 11.6 Å². The number of nitrogens with two attached hydrogens (primary N) is 1. The van der Waals surface area contributed by atoms with Gasteiger partial charge in [0.05, 0.1) is 6.61 Å². The number of carbonyl (C=O) groups is 1. The number of aromatic nitrogens is 2. The van der Waals surface area contributed by atoms with Crippen LogP contribution in [-0.2, 0) is 15.1 Å². The van der Waals surface area contributed by atoms with Crippen molar-refractivity contribution in [1.29, 1.82) is 0 Å². The van der Waals surface area contributed by atoms with Crippen LogP contribution in [0.25, 0.3) is 0 Å². The minimum atomic E-state index is -0.692. The molecule has 0 saturated heterocycles. The third-order valence-electron chi connectivity index (χ3n) is 3.96. The van der Waals surface area contributed by atoms with Crippen molar-refractivity contribution in [3.8, 4) is 0 Å². The number of methoxy groups -OCH3 is 1. The average Bonchev–Trinajstić information content (AvgIpc) is 2.76. The quantitative estimate of drug-likeness (QED) is 0.791. The SMILES string of the molecule is COCC(N)C(=O)NC1(c2noc(C)n2)CCCCCC1.Cl. The topological polar surface area (TPSA) is 103 Å². The van der Waals surface area contributed by atoms with Gasteiger partial charge in [-0.3, -0.25) is 4.79 Å². The van der Waals surface area contributed by atoms with Crippen molar-refractivity contribution in [1.82, 2.24) is 15.5 Å². The summed E-state index contributed by atoms with van der Waals surface area (Å²) in [6, 6.07) is -0.692. The lowest BCUT2D eigenvalue weighted by atomic mass is 9.88. The normalized spacial score (nSPS) is 18.9. The molecule has 1 saturated carbocycles. The molecule has 1 unspecified atom stereocenters. The van der Waals surface area contributed by atoms with Crippen LogP contribution in [0.2, 0.25) is 0 Å². The van der Waals surface area contributed by atoms with Gasteiger partial charge in [-0.1, -0.05) is 30.8 Å². The van der Waals surface area contributed by atoms with Crippen molar-refractivity contribution >= 4 is 18.3 Å². The molecule has 1 aliphatic carbocycles. The molecule has 3 N–H and O–H groups in total. The minimum Gasteiger partial charge on any atom is -0.383 e. The molecule has 0 aromatic carbocycles. The number of amides is 1. The summed E-state index contributed by atoms with van der Waals surface area (Å²) in [4.78, 5) is 16.6. The molecule has 0 spiro atoms. The van der Waals surface area contributed by atoms with E-state index >= 15 is 0 Å². The van der Waals surface area contributed by atoms with Gasteiger partial charge < -0.3 is 20.3 Å². The summed E-state index contributed by atoms with van der Waals surface area (Å²) in [6.07, 6.45) is 5.95. The highest BCUT2D eigenvalue weighted by Crippen LogP contribution is 2.34. The first-order valence-electron chi connectivity index (χ1n) is 7.45. The number of nitrogens with one attached hydrogen (secondary N) is 1. The van der Waals surface area contributed by atoms with E-state index in [-0.39, 0.29) is 24.9 Å². The number of aryl methyl sites for hydroxylation is 1. The zero-order valence-electron chi connectivity index (χ0n) is 13.1. The van der Waals surface area contributed by atoms with Crippen LogP contribution in [0.1, 0.15) is 50.2 Å². The van der Waals surface area contributed by atoms with Crippen molar-refractivity contribution in [2.24, 2.45) is 5.73 Å². The number of carbonyl (C=O) groups excluding carboxylic acids is 1. The Morgan fingerprint density at radius 3 is 2.55 bits per heavy atom. The Kier molecular flexibility index (Phi) is 7.25. The Morgan fingerprint density at radius 2 is 2.05 bits per heavy atom. The summed E-state index contributed by atoms with van der Waals surface area (Å²) in [7, 11) is 1.52. The van der Waals surface area contributed by atoms with Gasteiger partial charge in [-0.15, -0.1) is 12.4 Å². The standard InChI is InChI=1S/C14H24N4O3.ClH/c1-10-16-13(18-21-10)14(7-5-3-4-6-8-14)17-12(19)11(15)9-20-2;/h11H,3-9,15H2,1-2H3,(H,17,19);1H. The first-order chi connectivity index (χ1) is 10.1. The Labute approximate surface area is 136 Å². The van der Waals surface area contributed by atoms with Gasteiger partial charge in [0.25, 0.3) is 0 Å². The second kappa shape index (κ2) is 8.45. The highest BCUT2D eigenvalue weighted by Gasteiger charge is 2.39. The van der Waals surface area contributed by atoms with E-state index in [2.05, 4.69) is 15.5 Å². The third kappa shape index (κ3) is 4.41. The summed E-state index contributed by atoms with van der Waals surface area (Å²) in [5.41, 5.74) is 5.25. The van der Waals surface area contributed by atoms with Crippen molar-refractivity contribution in [3.63, 3.8) is 0 Å². The number of hydrogen-bond acceptors (Lipinski definition) is 6. The van der Waals surface area contributed by atoms with Crippen LogP contribution in [0.5, 0.6) is 0 Å². The molecule has 2 rings (SSSR count). The lowest BCUT2D eigenvalue weighted by molar-refractivity contribution is -0.125. The maximum atomic E-state index is 12.3. The summed E-state index contributed by atoms with van der Waals surface area (Å²) in [5.74, 6) is 0.824. The fourth-order valence-corrected chi connectivity index (χ4v) is 2.81. The molecule has 1 amide bonds. The Balaban J connectivity index is 0.00000242. The highest BCUT2D eigenvalue weighted by atomic mass is 35.5. The van der Waals surface area contributed by atoms with E-state index in [1.165, 1.54) is 7.11 Å². The van der Waals surface area contributed by atoms with Gasteiger partial charge in [0.2, 0.25) is 11.8 Å². The molecule has 22 heavy (non-hydrogen) atoms. The Hall–Kier alpha value is -1.18. The number of nitrogens with zero attached hydrogens (tertiary/aromatic N) is 2. The van der Waals surface area contributed by atoms with Gasteiger partial charge in [0, 0.05) is 14.0 Å². The van der Waals surface area contributed by atoms with Crippen molar-refractivity contribution in [2.75, 3.05) is 13.7 Å². The van der Waals surface area contributed by atoms with Gasteiger partial charge in [-0.2, -0.15) is 4.98 Å². The summed E-state index contributed by atoms with van der Waals surface area (Å²) < 4.78 is 10.1. The zero-order valence-corrected chi connectivity index (χ0v) is 13.9.